The molecule has 126 heavy (non-hydrogen) atoms. The molecule has 0 aliphatic rings. The van der Waals surface area contributed by atoms with Crippen molar-refractivity contribution >= 4 is 121 Å². The van der Waals surface area contributed by atoms with Gasteiger partial charge in [-0.1, -0.05) is 144 Å². The molecule has 0 saturated heterocycles. The Morgan fingerprint density at radius 1 is 0.190 bits per heavy atom. The lowest BCUT2D eigenvalue weighted by atomic mass is 9.81. The van der Waals surface area contributed by atoms with Gasteiger partial charge in [-0.2, -0.15) is 0 Å². The van der Waals surface area contributed by atoms with Gasteiger partial charge in [-0.05, 0) is 331 Å². The molecule has 0 radical (unpaired) electrons. The maximum atomic E-state index is 7.28. The van der Waals surface area contributed by atoms with Crippen LogP contribution in [0.2, 0.25) is 0 Å². The van der Waals surface area contributed by atoms with E-state index in [-0.39, 0.29) is 10.8 Å². The van der Waals surface area contributed by atoms with Crippen LogP contribution in [0.5, 0.6) is 34.5 Å². The number of ether oxygens (including phenoxy) is 2. The van der Waals surface area contributed by atoms with E-state index in [1.54, 1.807) is 14.2 Å². The molecule has 0 spiro atoms. The van der Waals surface area contributed by atoms with Crippen LogP contribution in [0.15, 0.2) is 179 Å². The molecule has 0 amide bonds. The Balaban J connectivity index is 0.000000195. The zero-order chi connectivity index (χ0) is 90.9. The standard InChI is InChI=1S/C54H60O8P2.C54H60O6P2/c1-29-17-33(5)47-39(21-29)40-22-30(2)18-34(6)48(40)58-63(57-47)61-51-43(25-37(55-15)27-45(51)53(9,10)11)44-26-38(56-16)28-46(54(12,13)14)52(44)62-64-59-49-35(7)19-31(3)23-41(49)42-24-32(4)20-36(8)50(42)60-64;1-29-17-35(7)47-39(21-29)40-22-30(2)18-36(8)48(40)56-61(55-47)57-49-37(9)19-31(3)23-41(49)42-24-32(4)20-38(10)50(42)58-62-59-51-43(25-33(5)27-45(51)53(11,12)13)44-26-34(6)28-46(52(44)60-62)54(14,15)16/h17-28H,1-16H3;17-28H,1-16H3. The van der Waals surface area contributed by atoms with Crippen LogP contribution in [-0.4, -0.2) is 14.2 Å². The summed E-state index contributed by atoms with van der Waals surface area (Å²) < 4.78 is 96.6. The van der Waals surface area contributed by atoms with E-state index in [9.17, 15) is 0 Å². The summed E-state index contributed by atoms with van der Waals surface area (Å²) in [6.07, 6.45) is 0. The van der Waals surface area contributed by atoms with Crippen molar-refractivity contribution in [1.82, 2.24) is 0 Å². The fraction of sp³-hybridized carbons (Fsp3) is 0.333. The third-order valence-corrected chi connectivity index (χ3v) is 27.4. The highest BCUT2D eigenvalue weighted by Gasteiger charge is 2.34. The van der Waals surface area contributed by atoms with Crippen LogP contribution in [-0.2, 0) is 21.7 Å². The average Bonchev–Trinajstić information content (AvgIpc) is 1.30. The second-order valence-corrected chi connectivity index (χ2v) is 43.1. The molecule has 656 valence electrons. The minimum Gasteiger partial charge on any atom is -0.497 e. The minimum absolute atomic E-state index is 0.214. The molecular weight excluding hydrogens is 1650 g/mol. The fourth-order valence-corrected chi connectivity index (χ4v) is 22.7. The van der Waals surface area contributed by atoms with Crippen molar-refractivity contribution in [3.05, 3.63) is 268 Å². The second-order valence-electron chi connectivity index (χ2n) is 39.1. The van der Waals surface area contributed by atoms with Crippen molar-refractivity contribution in [2.24, 2.45) is 0 Å². The van der Waals surface area contributed by atoms with Gasteiger partial charge in [-0.3, -0.25) is 0 Å². The molecule has 16 aromatic rings. The molecule has 12 aromatic carbocycles. The molecule has 0 atom stereocenters. The number of fused-ring (bicyclic) bond motifs is 12. The molecule has 0 unspecified atom stereocenters. The lowest BCUT2D eigenvalue weighted by Crippen LogP contribution is -2.15. The van der Waals surface area contributed by atoms with E-state index < -0.39 is 43.8 Å². The van der Waals surface area contributed by atoms with Gasteiger partial charge in [0.1, 0.15) is 79.2 Å². The number of hydrogen-bond donors (Lipinski definition) is 0. The number of methoxy groups -OCH3 is 2. The molecule has 0 fully saturated rings. The van der Waals surface area contributed by atoms with Crippen LogP contribution < -0.4 is 27.6 Å². The molecular formula is C108H120O14P4. The summed E-state index contributed by atoms with van der Waals surface area (Å²) in [6.45, 7) is 64.1. The van der Waals surface area contributed by atoms with E-state index in [1.807, 2.05) is 24.3 Å². The van der Waals surface area contributed by atoms with Gasteiger partial charge in [0.25, 0.3) is 0 Å². The van der Waals surface area contributed by atoms with Crippen molar-refractivity contribution in [3.8, 4) is 56.8 Å². The summed E-state index contributed by atoms with van der Waals surface area (Å²) in [5, 5.41) is 7.94. The van der Waals surface area contributed by atoms with E-state index in [0.29, 0.717) is 45.6 Å². The Hall–Kier alpha value is -11.0. The summed E-state index contributed by atoms with van der Waals surface area (Å²) >= 11 is 0. The first kappa shape index (κ1) is 89.8. The van der Waals surface area contributed by atoms with Gasteiger partial charge in [0, 0.05) is 87.6 Å². The zero-order valence-corrected chi connectivity index (χ0v) is 82.9. The quantitative estimate of drug-likeness (QED) is 0.114. The molecule has 16 rings (SSSR count). The number of hydrogen-bond acceptors (Lipinski definition) is 14. The molecule has 0 aliphatic heterocycles. The third kappa shape index (κ3) is 18.0. The lowest BCUT2D eigenvalue weighted by molar-refractivity contribution is 0.409. The van der Waals surface area contributed by atoms with E-state index in [2.05, 4.69) is 329 Å². The Kier molecular flexibility index (Phi) is 24.2. The summed E-state index contributed by atoms with van der Waals surface area (Å²) in [5.41, 5.74) is 31.2. The Morgan fingerprint density at radius 3 is 0.595 bits per heavy atom. The summed E-state index contributed by atoms with van der Waals surface area (Å²) in [5.74, 6) is 3.77. The van der Waals surface area contributed by atoms with Gasteiger partial charge in [-0.25, -0.2) is 0 Å². The first-order valence-electron chi connectivity index (χ1n) is 43.2. The SMILES string of the molecule is COc1cc(-c2cc(OC)cc(C(C)(C)C)c2Op2oc3c(C)cc(C)cc3c3cc(C)cc(C)c3o2)c(Op2oc3c(C)cc(C)cc3c3cc(C)cc(C)c3o2)c(C(C)(C)C)c1.Cc1cc(C)c(Op2oc3c(C)cc(C)cc3c3cc(C)cc(C)c3o2)c(-c2cc(C)cc(C)c2Op2oc3c(C(C)(C)C)cc(C)cc3c3cc(C)cc(C(C)(C)C)c3o2)c1. The van der Waals surface area contributed by atoms with Crippen molar-refractivity contribution in [2.75, 3.05) is 14.2 Å². The highest BCUT2D eigenvalue weighted by Crippen LogP contribution is 2.57. The van der Waals surface area contributed by atoms with Gasteiger partial charge in [-0.15, -0.1) is 0 Å². The topological polar surface area (TPSA) is 160 Å². The predicted molar refractivity (Wildman–Crippen MR) is 526 cm³/mol. The monoisotopic (exact) mass is 1760 g/mol. The number of rotatable bonds is 12. The molecule has 4 aromatic heterocycles. The average molecular weight is 1770 g/mol. The maximum Gasteiger partial charge on any atom is 0.453 e. The van der Waals surface area contributed by atoms with E-state index in [4.69, 9.17) is 61.1 Å². The second kappa shape index (κ2) is 34.0. The summed E-state index contributed by atoms with van der Waals surface area (Å²) in [4.78, 5) is 0. The van der Waals surface area contributed by atoms with Gasteiger partial charge >= 0.3 is 33.0 Å². The van der Waals surface area contributed by atoms with Crippen molar-refractivity contribution in [3.63, 3.8) is 0 Å². The highest BCUT2D eigenvalue weighted by atomic mass is 31.1. The van der Waals surface area contributed by atoms with Crippen molar-refractivity contribution in [2.45, 2.75) is 229 Å². The highest BCUT2D eigenvalue weighted by molar-refractivity contribution is 7.33. The molecule has 18 heteroatoms. The maximum absolute atomic E-state index is 7.28. The molecule has 0 N–H and O–H groups in total. The largest absolute Gasteiger partial charge is 0.497 e. The van der Waals surface area contributed by atoms with Crippen LogP contribution in [0.25, 0.3) is 110 Å². The van der Waals surface area contributed by atoms with E-state index in [0.717, 1.165) is 210 Å². The molecule has 4 heterocycles. The van der Waals surface area contributed by atoms with Gasteiger partial charge in [0.05, 0.1) is 14.2 Å². The first-order chi connectivity index (χ1) is 59.2. The lowest BCUT2D eigenvalue weighted by Gasteiger charge is -2.28. The number of benzene rings is 12. The number of aryl methyl sites for hydroxylation is 18. The summed E-state index contributed by atoms with van der Waals surface area (Å²) in [7, 11) is -4.79. The van der Waals surface area contributed by atoms with E-state index >= 15 is 0 Å². The third-order valence-electron chi connectivity index (χ3n) is 23.4. The Bertz CT molecular complexity index is 6810. The van der Waals surface area contributed by atoms with Gasteiger partial charge < -0.3 is 61.1 Å². The van der Waals surface area contributed by atoms with Crippen molar-refractivity contribution < 1.29 is 61.1 Å². The van der Waals surface area contributed by atoms with Gasteiger partial charge in [0.2, 0.25) is 0 Å². The molecule has 0 bridgehead atoms. The van der Waals surface area contributed by atoms with Crippen LogP contribution in [0.4, 0.5) is 0 Å². The van der Waals surface area contributed by atoms with E-state index in [1.165, 1.54) is 11.1 Å². The molecule has 0 saturated carbocycles. The minimum atomic E-state index is -2.08. The van der Waals surface area contributed by atoms with Crippen LogP contribution in [0, 0.1) is 125 Å². The van der Waals surface area contributed by atoms with Gasteiger partial charge in [0.15, 0.2) is 0 Å². The Labute approximate surface area is 745 Å². The fourth-order valence-electron chi connectivity index (χ4n) is 17.7. The summed E-state index contributed by atoms with van der Waals surface area (Å²) in [6, 6.07) is 51.4. The predicted octanol–water partition coefficient (Wildman–Crippen LogP) is 35.2. The van der Waals surface area contributed by atoms with Crippen LogP contribution in [0.3, 0.4) is 0 Å². The first-order valence-corrected chi connectivity index (χ1v) is 47.6. The van der Waals surface area contributed by atoms with Crippen LogP contribution >= 0.6 is 33.0 Å². The Morgan fingerprint density at radius 2 is 0.373 bits per heavy atom. The normalized spacial score (nSPS) is 12.1. The molecule has 0 aliphatic carbocycles. The van der Waals surface area contributed by atoms with Crippen molar-refractivity contribution in [1.29, 1.82) is 0 Å². The molecule has 14 nitrogen and oxygen atoms in total. The van der Waals surface area contributed by atoms with Crippen LogP contribution in [0.1, 0.15) is 205 Å². The zero-order valence-electron chi connectivity index (χ0n) is 79.4. The smallest absolute Gasteiger partial charge is 0.453 e.